The number of rotatable bonds is 6. The van der Waals surface area contributed by atoms with Crippen LogP contribution >= 0.6 is 0 Å². The van der Waals surface area contributed by atoms with E-state index in [1.54, 1.807) is 55.5 Å². The highest BCUT2D eigenvalue weighted by atomic mass is 19.1. The molecule has 1 fully saturated rings. The highest BCUT2D eigenvalue weighted by molar-refractivity contribution is 6.23. The number of benzene rings is 3. The number of para-hydroxylation sites is 1. The number of nitrogens with one attached hydrogen (secondary N) is 1. The first-order valence-electron chi connectivity index (χ1n) is 11.4. The van der Waals surface area contributed by atoms with Gasteiger partial charge in [0, 0.05) is 6.08 Å². The van der Waals surface area contributed by atoms with Crippen LogP contribution in [0.1, 0.15) is 30.4 Å². The third-order valence-electron chi connectivity index (χ3n) is 5.83. The van der Waals surface area contributed by atoms with E-state index in [9.17, 15) is 23.6 Å². The van der Waals surface area contributed by atoms with E-state index in [0.717, 1.165) is 11.1 Å². The summed E-state index contributed by atoms with van der Waals surface area (Å²) in [6, 6.07) is 22.1. The Balaban J connectivity index is 1.68. The summed E-state index contributed by atoms with van der Waals surface area (Å²) in [4.78, 5) is 53.4. The fourth-order valence-corrected chi connectivity index (χ4v) is 4.18. The van der Waals surface area contributed by atoms with E-state index in [0.29, 0.717) is 16.0 Å². The van der Waals surface area contributed by atoms with Gasteiger partial charge in [0.2, 0.25) is 5.91 Å². The summed E-state index contributed by atoms with van der Waals surface area (Å²) in [5, 5.41) is 0.863. The lowest BCUT2D eigenvalue weighted by Crippen LogP contribution is -2.55. The molecule has 0 saturated carbocycles. The van der Waals surface area contributed by atoms with Gasteiger partial charge in [-0.05, 0) is 30.2 Å². The van der Waals surface area contributed by atoms with Crippen molar-refractivity contribution in [2.75, 3.05) is 4.90 Å². The summed E-state index contributed by atoms with van der Waals surface area (Å²) < 4.78 is 14.4. The minimum atomic E-state index is -1.34. The van der Waals surface area contributed by atoms with Crippen LogP contribution in [-0.2, 0) is 19.2 Å². The van der Waals surface area contributed by atoms with Crippen LogP contribution < -0.4 is 10.3 Å². The maximum atomic E-state index is 14.4. The Kier molecular flexibility index (Phi) is 7.34. The molecule has 3 aromatic carbocycles. The highest BCUT2D eigenvalue weighted by Gasteiger charge is 2.46. The van der Waals surface area contributed by atoms with Crippen molar-refractivity contribution in [1.29, 1.82) is 0 Å². The Morgan fingerprint density at radius 3 is 2.06 bits per heavy atom. The first-order chi connectivity index (χ1) is 17.4. The van der Waals surface area contributed by atoms with Gasteiger partial charge in [0.15, 0.2) is 0 Å². The molecule has 0 aromatic heterocycles. The largest absolute Gasteiger partial charge is 0.274 e. The first kappa shape index (κ1) is 24.5. The van der Waals surface area contributed by atoms with E-state index in [2.05, 4.69) is 5.43 Å². The van der Waals surface area contributed by atoms with Gasteiger partial charge < -0.3 is 0 Å². The van der Waals surface area contributed by atoms with Crippen LogP contribution in [0.15, 0.2) is 97.1 Å². The molecule has 4 rings (SSSR count). The molecule has 0 bridgehead atoms. The van der Waals surface area contributed by atoms with Crippen molar-refractivity contribution in [2.24, 2.45) is 0 Å². The number of hydrogen-bond acceptors (Lipinski definition) is 4. The Hall–Kier alpha value is -4.59. The van der Waals surface area contributed by atoms with Gasteiger partial charge in [-0.2, -0.15) is 0 Å². The summed E-state index contributed by atoms with van der Waals surface area (Å²) >= 11 is 0. The van der Waals surface area contributed by atoms with E-state index < -0.39 is 47.8 Å². The molecule has 3 aromatic rings. The Bertz CT molecular complexity index is 1270. The van der Waals surface area contributed by atoms with E-state index in [-0.39, 0.29) is 5.69 Å². The second-order valence-electron chi connectivity index (χ2n) is 8.18. The van der Waals surface area contributed by atoms with Crippen LogP contribution in [0.3, 0.4) is 0 Å². The van der Waals surface area contributed by atoms with Crippen LogP contribution in [0, 0.1) is 5.82 Å². The lowest BCUT2D eigenvalue weighted by atomic mass is 9.91. The second-order valence-corrected chi connectivity index (χ2v) is 8.18. The number of hydrazine groups is 1. The minimum absolute atomic E-state index is 0.203. The molecule has 36 heavy (non-hydrogen) atoms. The zero-order chi connectivity index (χ0) is 25.7. The van der Waals surface area contributed by atoms with Crippen LogP contribution in [0.4, 0.5) is 10.1 Å². The number of allylic oxidation sites excluding steroid dienone is 1. The fourth-order valence-electron chi connectivity index (χ4n) is 4.18. The van der Waals surface area contributed by atoms with Crippen molar-refractivity contribution in [3.05, 3.63) is 114 Å². The molecule has 4 amide bonds. The van der Waals surface area contributed by atoms with Crippen molar-refractivity contribution >= 4 is 29.3 Å². The molecule has 1 aliphatic rings. The van der Waals surface area contributed by atoms with Gasteiger partial charge >= 0.3 is 0 Å². The predicted molar refractivity (Wildman–Crippen MR) is 132 cm³/mol. The Morgan fingerprint density at radius 2 is 1.50 bits per heavy atom. The summed E-state index contributed by atoms with van der Waals surface area (Å²) in [5.74, 6) is -4.27. The van der Waals surface area contributed by atoms with Gasteiger partial charge in [-0.1, -0.05) is 78.9 Å². The third-order valence-corrected chi connectivity index (χ3v) is 5.83. The molecule has 1 saturated heterocycles. The number of imide groups is 1. The van der Waals surface area contributed by atoms with Gasteiger partial charge in [-0.25, -0.2) is 14.3 Å². The molecule has 0 radical (unpaired) electrons. The molecular formula is C28H24FN3O4. The van der Waals surface area contributed by atoms with Crippen LogP contribution in [0.5, 0.6) is 0 Å². The predicted octanol–water partition coefficient (Wildman–Crippen LogP) is 3.73. The molecule has 1 aliphatic heterocycles. The quantitative estimate of drug-likeness (QED) is 0.328. The number of hydrogen-bond donors (Lipinski definition) is 1. The van der Waals surface area contributed by atoms with Gasteiger partial charge in [0.25, 0.3) is 17.7 Å². The lowest BCUT2D eigenvalue weighted by Gasteiger charge is -2.29. The molecule has 7 nitrogen and oxygen atoms in total. The number of carbonyl (C=O) groups excluding carboxylic acids is 4. The molecule has 0 spiro atoms. The molecular weight excluding hydrogens is 461 g/mol. The molecule has 1 unspecified atom stereocenters. The average molecular weight is 486 g/mol. The van der Waals surface area contributed by atoms with Crippen LogP contribution in [-0.4, -0.2) is 34.7 Å². The van der Waals surface area contributed by atoms with Crippen LogP contribution in [0.2, 0.25) is 0 Å². The SMILES string of the molecule is CC=CC(=O)N(NC(=O)C(c1ccccc1)c1ccccc1)C1CC(=O)N(c2ccccc2F)C1=O. The Labute approximate surface area is 207 Å². The van der Waals surface area contributed by atoms with Gasteiger partial charge in [0.1, 0.15) is 11.9 Å². The zero-order valence-corrected chi connectivity index (χ0v) is 19.5. The monoisotopic (exact) mass is 485 g/mol. The van der Waals surface area contributed by atoms with Crippen molar-refractivity contribution < 1.29 is 23.6 Å². The van der Waals surface area contributed by atoms with Crippen molar-refractivity contribution in [1.82, 2.24) is 10.4 Å². The van der Waals surface area contributed by atoms with E-state index in [1.165, 1.54) is 30.4 Å². The smallest absolute Gasteiger partial charge is 0.265 e. The maximum Gasteiger partial charge on any atom is 0.265 e. The fraction of sp³-hybridized carbons (Fsp3) is 0.143. The minimum Gasteiger partial charge on any atom is -0.274 e. The topological polar surface area (TPSA) is 86.8 Å². The van der Waals surface area contributed by atoms with Crippen molar-refractivity contribution in [3.8, 4) is 0 Å². The number of carbonyl (C=O) groups is 4. The number of anilines is 1. The first-order valence-corrected chi connectivity index (χ1v) is 11.4. The normalized spacial score (nSPS) is 15.5. The molecule has 1 atom stereocenters. The molecule has 1 heterocycles. The van der Waals surface area contributed by atoms with Crippen molar-refractivity contribution in [2.45, 2.75) is 25.3 Å². The van der Waals surface area contributed by atoms with Crippen LogP contribution in [0.25, 0.3) is 0 Å². The summed E-state index contributed by atoms with van der Waals surface area (Å²) in [7, 11) is 0. The highest BCUT2D eigenvalue weighted by Crippen LogP contribution is 2.29. The van der Waals surface area contributed by atoms with Crippen molar-refractivity contribution in [3.63, 3.8) is 0 Å². The summed E-state index contributed by atoms with van der Waals surface area (Å²) in [6.45, 7) is 1.61. The molecule has 0 aliphatic carbocycles. The standard InChI is InChI=1S/C28H24FN3O4/c1-2-11-24(33)32(23-18-25(34)31(28(23)36)22-17-10-9-16-21(22)29)30-27(35)26(19-12-5-3-6-13-19)20-14-7-4-8-15-20/h2-17,23,26H,18H2,1H3,(H,30,35). The van der Waals surface area contributed by atoms with Gasteiger partial charge in [-0.3, -0.25) is 24.6 Å². The lowest BCUT2D eigenvalue weighted by molar-refractivity contribution is -0.144. The molecule has 8 heteroatoms. The second kappa shape index (κ2) is 10.8. The van der Waals surface area contributed by atoms with Gasteiger partial charge in [-0.15, -0.1) is 0 Å². The van der Waals surface area contributed by atoms with Gasteiger partial charge in [0.05, 0.1) is 18.0 Å². The van der Waals surface area contributed by atoms with E-state index in [1.807, 2.05) is 12.1 Å². The Morgan fingerprint density at radius 1 is 0.944 bits per heavy atom. The molecule has 1 N–H and O–H groups in total. The average Bonchev–Trinajstić information content (AvgIpc) is 3.17. The number of amides is 4. The summed E-state index contributed by atoms with van der Waals surface area (Å²) in [5.41, 5.74) is 3.74. The number of nitrogens with zero attached hydrogens (tertiary/aromatic N) is 2. The van der Waals surface area contributed by atoms with E-state index >= 15 is 0 Å². The maximum absolute atomic E-state index is 14.4. The summed E-state index contributed by atoms with van der Waals surface area (Å²) in [6.07, 6.45) is 2.24. The van der Waals surface area contributed by atoms with E-state index in [4.69, 9.17) is 0 Å². The molecule has 182 valence electrons. The zero-order valence-electron chi connectivity index (χ0n) is 19.5. The number of halogens is 1. The third kappa shape index (κ3) is 4.93.